The lowest BCUT2D eigenvalue weighted by Gasteiger charge is -2.23. The lowest BCUT2D eigenvalue weighted by atomic mass is 9.82. The van der Waals surface area contributed by atoms with Crippen LogP contribution in [0.2, 0.25) is 0 Å². The Bertz CT molecular complexity index is 2020. The van der Waals surface area contributed by atoms with Gasteiger partial charge < -0.3 is 0 Å². The van der Waals surface area contributed by atoms with Crippen LogP contribution in [-0.2, 0) is 0 Å². The molecule has 7 aromatic rings. The van der Waals surface area contributed by atoms with Crippen LogP contribution in [0.1, 0.15) is 15.9 Å². The summed E-state index contributed by atoms with van der Waals surface area (Å²) in [6, 6.07) is 26.7. The molecule has 1 aliphatic rings. The zero-order valence-corrected chi connectivity index (χ0v) is 21.0. The van der Waals surface area contributed by atoms with Crippen molar-refractivity contribution in [2.75, 3.05) is 0 Å². The van der Waals surface area contributed by atoms with Crippen molar-refractivity contribution in [3.05, 3.63) is 88.4 Å². The molecule has 0 saturated heterocycles. The number of hydrogen-bond donors (Lipinski definition) is 0. The highest BCUT2D eigenvalue weighted by molar-refractivity contribution is 14.1. The third-order valence-electron chi connectivity index (χ3n) is 7.39. The zero-order valence-electron chi connectivity index (χ0n) is 17.2. The molecule has 33 heavy (non-hydrogen) atoms. The summed E-state index contributed by atoms with van der Waals surface area (Å²) in [6.07, 6.45) is 2.15. The summed E-state index contributed by atoms with van der Waals surface area (Å²) in [5.41, 5.74) is 1.86. The van der Waals surface area contributed by atoms with Crippen LogP contribution in [0.25, 0.3) is 70.7 Å². The van der Waals surface area contributed by atoms with Crippen LogP contribution in [0.5, 0.6) is 0 Å². The van der Waals surface area contributed by atoms with Crippen molar-refractivity contribution < 1.29 is 4.79 Å². The minimum Gasteiger partial charge on any atom is -0.293 e. The van der Waals surface area contributed by atoms with Gasteiger partial charge in [0.15, 0.2) is 5.78 Å². The third kappa shape index (κ3) is 2.25. The van der Waals surface area contributed by atoms with Crippen LogP contribution in [0.3, 0.4) is 0 Å². The molecule has 1 atom stereocenters. The average Bonchev–Trinajstić information content (AvgIpc) is 2.84. The van der Waals surface area contributed by atoms with Gasteiger partial charge in [0.1, 0.15) is 3.92 Å². The molecule has 1 unspecified atom stereocenters. The second-order valence-corrected chi connectivity index (χ2v) is 11.2. The molecule has 0 spiro atoms. The maximum atomic E-state index is 13.2. The summed E-state index contributed by atoms with van der Waals surface area (Å²) in [5.74, 6) is 0.175. The Balaban J connectivity index is 1.68. The number of carbonyl (C=O) groups is 1. The highest BCUT2D eigenvalue weighted by Gasteiger charge is 2.29. The van der Waals surface area contributed by atoms with Gasteiger partial charge in [-0.15, -0.1) is 0 Å². The molecule has 0 amide bonds. The molecule has 0 aliphatic heterocycles. The van der Waals surface area contributed by atoms with E-state index in [0.29, 0.717) is 0 Å². The predicted octanol–water partition coefficient (Wildman–Crippen LogP) is 9.22. The Morgan fingerprint density at radius 2 is 1.24 bits per heavy atom. The van der Waals surface area contributed by atoms with E-state index in [2.05, 4.69) is 117 Å². The maximum absolute atomic E-state index is 13.2. The Kier molecular flexibility index (Phi) is 3.51. The van der Waals surface area contributed by atoms with E-state index in [-0.39, 0.29) is 9.71 Å². The second-order valence-electron chi connectivity index (χ2n) is 9.06. The van der Waals surface area contributed by atoms with E-state index in [9.17, 15) is 4.79 Å². The van der Waals surface area contributed by atoms with Crippen molar-refractivity contribution in [1.29, 1.82) is 0 Å². The van der Waals surface area contributed by atoms with E-state index in [1.165, 1.54) is 53.9 Å². The molecule has 3 heteroatoms. The molecule has 154 valence electrons. The largest absolute Gasteiger partial charge is 0.293 e. The van der Waals surface area contributed by atoms with Crippen molar-refractivity contribution in [3.63, 3.8) is 0 Å². The van der Waals surface area contributed by atoms with E-state index < -0.39 is 0 Å². The normalized spacial score (nSPS) is 16.7. The molecule has 0 aromatic heterocycles. The standard InChI is InChI=1S/C30H14BrIO/c31-24-13-20-22-11-18-7-5-15-9-14-3-1-2-4-19(14)21-10-17-8-6-16(12-23(20)30(33)29(24)32)26(22)28(17)27(18)25(15)21/h1-13,29H. The molecule has 8 rings (SSSR count). The predicted molar refractivity (Wildman–Crippen MR) is 153 cm³/mol. The lowest BCUT2D eigenvalue weighted by Crippen LogP contribution is -2.19. The first-order valence-corrected chi connectivity index (χ1v) is 13.0. The van der Waals surface area contributed by atoms with Crippen molar-refractivity contribution in [1.82, 2.24) is 0 Å². The van der Waals surface area contributed by atoms with Gasteiger partial charge in [-0.2, -0.15) is 0 Å². The number of fused-ring (bicyclic) bond motifs is 4. The van der Waals surface area contributed by atoms with Gasteiger partial charge in [0.25, 0.3) is 0 Å². The van der Waals surface area contributed by atoms with E-state index in [0.717, 1.165) is 26.4 Å². The molecule has 0 bridgehead atoms. The number of Topliss-reactive ketones (excluding diaryl/α,β-unsaturated/α-hetero) is 1. The average molecular weight is 597 g/mol. The molecular weight excluding hydrogens is 583 g/mol. The Labute approximate surface area is 211 Å². The van der Waals surface area contributed by atoms with Gasteiger partial charge in [-0.25, -0.2) is 0 Å². The lowest BCUT2D eigenvalue weighted by molar-refractivity contribution is 0.100. The molecule has 0 N–H and O–H groups in total. The summed E-state index contributed by atoms with van der Waals surface area (Å²) in [4.78, 5) is 13.2. The van der Waals surface area contributed by atoms with Crippen LogP contribution < -0.4 is 0 Å². The number of allylic oxidation sites excluding steroid dienone is 1. The van der Waals surface area contributed by atoms with E-state index in [4.69, 9.17) is 0 Å². The summed E-state index contributed by atoms with van der Waals surface area (Å²) >= 11 is 5.88. The van der Waals surface area contributed by atoms with Gasteiger partial charge in [-0.1, -0.05) is 87.1 Å². The molecule has 0 radical (unpaired) electrons. The molecule has 1 aliphatic carbocycles. The first-order chi connectivity index (χ1) is 16.1. The van der Waals surface area contributed by atoms with Crippen molar-refractivity contribution >= 4 is 115 Å². The van der Waals surface area contributed by atoms with Crippen LogP contribution in [-0.4, -0.2) is 9.71 Å². The Morgan fingerprint density at radius 1 is 0.636 bits per heavy atom. The van der Waals surface area contributed by atoms with Gasteiger partial charge in [-0.05, 0) is 101 Å². The van der Waals surface area contributed by atoms with E-state index in [1.54, 1.807) is 0 Å². The van der Waals surface area contributed by atoms with Gasteiger partial charge >= 0.3 is 0 Å². The molecule has 0 fully saturated rings. The van der Waals surface area contributed by atoms with E-state index >= 15 is 0 Å². The fourth-order valence-corrected chi connectivity index (χ4v) is 6.95. The quantitative estimate of drug-likeness (QED) is 0.0738. The molecule has 0 heterocycles. The first-order valence-electron chi connectivity index (χ1n) is 11.0. The molecular formula is C30H14BrIO. The summed E-state index contributed by atoms with van der Waals surface area (Å²) < 4.78 is 0.778. The number of halogens is 2. The second kappa shape index (κ2) is 6.22. The fourth-order valence-electron chi connectivity index (χ4n) is 6.00. The van der Waals surface area contributed by atoms with Crippen molar-refractivity contribution in [3.8, 4) is 0 Å². The van der Waals surface area contributed by atoms with Gasteiger partial charge in [0.05, 0.1) is 0 Å². The highest BCUT2D eigenvalue weighted by Crippen LogP contribution is 2.47. The smallest absolute Gasteiger partial charge is 0.181 e. The highest BCUT2D eigenvalue weighted by atomic mass is 127. The monoisotopic (exact) mass is 596 g/mol. The van der Waals surface area contributed by atoms with Crippen LogP contribution in [0.4, 0.5) is 0 Å². The number of alkyl halides is 1. The number of rotatable bonds is 0. The minimum absolute atomic E-state index is 0.165. The Hall–Kier alpha value is -2.76. The third-order valence-corrected chi connectivity index (χ3v) is 10.2. The fraction of sp³-hybridized carbons (Fsp3) is 0.0333. The number of hydrogen-bond acceptors (Lipinski definition) is 1. The zero-order chi connectivity index (χ0) is 22.0. The molecule has 7 aromatic carbocycles. The summed E-state index contributed by atoms with van der Waals surface area (Å²) in [5, 5.41) is 15.2. The maximum Gasteiger partial charge on any atom is 0.181 e. The minimum atomic E-state index is -0.165. The summed E-state index contributed by atoms with van der Waals surface area (Å²) in [6.45, 7) is 0. The molecule has 1 nitrogen and oxygen atoms in total. The van der Waals surface area contributed by atoms with Crippen molar-refractivity contribution in [2.24, 2.45) is 0 Å². The van der Waals surface area contributed by atoms with Gasteiger partial charge in [0.2, 0.25) is 0 Å². The van der Waals surface area contributed by atoms with E-state index in [1.807, 2.05) is 0 Å². The van der Waals surface area contributed by atoms with Crippen LogP contribution in [0, 0.1) is 0 Å². The SMILES string of the molecule is O=C1c2cc3ccc4cc5c6ccccc6cc6ccc7cc(c2C=C(Br)C1I)c3c4c7c65. The van der Waals surface area contributed by atoms with Gasteiger partial charge in [0, 0.05) is 10.0 Å². The van der Waals surface area contributed by atoms with Crippen molar-refractivity contribution in [2.45, 2.75) is 3.92 Å². The topological polar surface area (TPSA) is 17.1 Å². The number of benzene rings is 7. The molecule has 0 saturated carbocycles. The first kappa shape index (κ1) is 18.6. The Morgan fingerprint density at radius 3 is 2.00 bits per heavy atom. The number of carbonyl (C=O) groups excluding carboxylic acids is 1. The van der Waals surface area contributed by atoms with Crippen LogP contribution >= 0.6 is 38.5 Å². The summed E-state index contributed by atoms with van der Waals surface area (Å²) in [7, 11) is 0. The van der Waals surface area contributed by atoms with Gasteiger partial charge in [-0.3, -0.25) is 4.79 Å². The number of ketones is 1. The van der Waals surface area contributed by atoms with Crippen LogP contribution in [0.15, 0.2) is 77.3 Å².